The van der Waals surface area contributed by atoms with Gasteiger partial charge in [-0.05, 0) is 29.8 Å². The highest BCUT2D eigenvalue weighted by molar-refractivity contribution is 7.99. The van der Waals surface area contributed by atoms with Gasteiger partial charge in [-0.1, -0.05) is 23.9 Å². The number of para-hydroxylation sites is 2. The fourth-order valence-corrected chi connectivity index (χ4v) is 3.06. The van der Waals surface area contributed by atoms with E-state index in [2.05, 4.69) is 15.5 Å². The van der Waals surface area contributed by atoms with E-state index in [0.29, 0.717) is 5.56 Å². The third kappa shape index (κ3) is 4.06. The summed E-state index contributed by atoms with van der Waals surface area (Å²) in [4.78, 5) is 26.5. The smallest absolute Gasteiger partial charge is 0.269 e. The molecule has 0 aliphatic carbocycles. The van der Waals surface area contributed by atoms with Crippen molar-refractivity contribution in [3.8, 4) is 0 Å². The Labute approximate surface area is 153 Å². The summed E-state index contributed by atoms with van der Waals surface area (Å²) in [7, 11) is 1.91. The van der Waals surface area contributed by atoms with Gasteiger partial charge in [-0.25, -0.2) is 10.4 Å². The molecule has 2 aromatic carbocycles. The zero-order valence-electron chi connectivity index (χ0n) is 13.8. The fraction of sp³-hybridized carbons (Fsp3) is 0.118. The summed E-state index contributed by atoms with van der Waals surface area (Å²) in [5.41, 5.74) is 4.98. The van der Waals surface area contributed by atoms with Gasteiger partial charge >= 0.3 is 0 Å². The van der Waals surface area contributed by atoms with Crippen LogP contribution in [0.2, 0.25) is 0 Å². The second kappa shape index (κ2) is 7.79. The number of hydrogen-bond acceptors (Lipinski definition) is 6. The van der Waals surface area contributed by atoms with Crippen molar-refractivity contribution in [2.75, 3.05) is 5.75 Å². The summed E-state index contributed by atoms with van der Waals surface area (Å²) >= 11 is 1.32. The number of aromatic nitrogens is 2. The normalized spacial score (nSPS) is 11.1. The number of hydrazone groups is 1. The zero-order valence-corrected chi connectivity index (χ0v) is 14.6. The van der Waals surface area contributed by atoms with Crippen LogP contribution in [0.15, 0.2) is 58.8 Å². The van der Waals surface area contributed by atoms with Gasteiger partial charge in [0, 0.05) is 19.2 Å². The van der Waals surface area contributed by atoms with Crippen LogP contribution in [0, 0.1) is 10.1 Å². The Balaban J connectivity index is 1.53. The van der Waals surface area contributed by atoms with Crippen LogP contribution in [0.5, 0.6) is 0 Å². The van der Waals surface area contributed by atoms with Crippen molar-refractivity contribution in [3.05, 3.63) is 64.2 Å². The van der Waals surface area contributed by atoms with Crippen LogP contribution in [-0.2, 0) is 11.8 Å². The number of carbonyl (C=O) groups excluding carboxylic acids is 1. The van der Waals surface area contributed by atoms with E-state index in [4.69, 9.17) is 0 Å². The van der Waals surface area contributed by atoms with Gasteiger partial charge in [-0.2, -0.15) is 5.10 Å². The summed E-state index contributed by atoms with van der Waals surface area (Å²) in [6.07, 6.45) is 1.43. The van der Waals surface area contributed by atoms with Crippen LogP contribution in [0.4, 0.5) is 5.69 Å². The highest BCUT2D eigenvalue weighted by Crippen LogP contribution is 2.22. The molecular weight excluding hydrogens is 354 g/mol. The third-order valence-electron chi connectivity index (χ3n) is 3.59. The topological polar surface area (TPSA) is 102 Å². The molecule has 132 valence electrons. The van der Waals surface area contributed by atoms with E-state index < -0.39 is 4.92 Å². The number of nitro groups is 1. The molecule has 0 saturated carbocycles. The maximum Gasteiger partial charge on any atom is 0.269 e. The molecule has 0 fully saturated rings. The van der Waals surface area contributed by atoms with Crippen molar-refractivity contribution < 1.29 is 9.72 Å². The van der Waals surface area contributed by atoms with Gasteiger partial charge in [-0.15, -0.1) is 0 Å². The molecule has 0 spiro atoms. The maximum absolute atomic E-state index is 11.9. The lowest BCUT2D eigenvalue weighted by Gasteiger charge is -2.01. The second-order valence-electron chi connectivity index (χ2n) is 5.37. The fourth-order valence-electron chi connectivity index (χ4n) is 2.28. The largest absolute Gasteiger partial charge is 0.322 e. The minimum absolute atomic E-state index is 0.00467. The number of nitro benzene ring substituents is 1. The Hall–Kier alpha value is -3.20. The number of nitrogens with one attached hydrogen (secondary N) is 1. The average Bonchev–Trinajstić information content (AvgIpc) is 2.97. The highest BCUT2D eigenvalue weighted by Gasteiger charge is 2.09. The zero-order chi connectivity index (χ0) is 18.5. The number of rotatable bonds is 6. The van der Waals surface area contributed by atoms with Gasteiger partial charge in [0.1, 0.15) is 0 Å². The molecule has 1 aromatic heterocycles. The Morgan fingerprint density at radius 1 is 1.31 bits per heavy atom. The van der Waals surface area contributed by atoms with Crippen LogP contribution in [-0.4, -0.2) is 32.3 Å². The molecule has 26 heavy (non-hydrogen) atoms. The average molecular weight is 369 g/mol. The minimum Gasteiger partial charge on any atom is -0.322 e. The van der Waals surface area contributed by atoms with E-state index in [9.17, 15) is 14.9 Å². The number of amides is 1. The van der Waals surface area contributed by atoms with Gasteiger partial charge < -0.3 is 4.57 Å². The molecule has 0 unspecified atom stereocenters. The summed E-state index contributed by atoms with van der Waals surface area (Å²) in [6, 6.07) is 13.6. The Morgan fingerprint density at radius 2 is 2.04 bits per heavy atom. The lowest BCUT2D eigenvalue weighted by Crippen LogP contribution is -2.19. The molecule has 0 bridgehead atoms. The number of hydrogen-bond donors (Lipinski definition) is 1. The lowest BCUT2D eigenvalue weighted by molar-refractivity contribution is -0.384. The third-order valence-corrected chi connectivity index (χ3v) is 4.62. The number of carbonyl (C=O) groups is 1. The summed E-state index contributed by atoms with van der Waals surface area (Å²) in [6.45, 7) is 0. The number of benzene rings is 2. The van der Waals surface area contributed by atoms with Crippen LogP contribution in [0.1, 0.15) is 5.56 Å². The first kappa shape index (κ1) is 17.6. The predicted octanol–water partition coefficient (Wildman–Crippen LogP) is 2.72. The maximum atomic E-state index is 11.9. The van der Waals surface area contributed by atoms with E-state index in [1.165, 1.54) is 30.1 Å². The molecular formula is C17H15N5O3S. The number of nitrogens with zero attached hydrogens (tertiary/aromatic N) is 4. The first-order chi connectivity index (χ1) is 12.5. The molecule has 0 radical (unpaired) electrons. The van der Waals surface area contributed by atoms with Crippen molar-refractivity contribution in [1.82, 2.24) is 15.0 Å². The standard InChI is InChI=1S/C17H15N5O3S/c1-21-15-5-3-2-4-14(15)19-17(21)26-11-16(23)20-18-10-12-6-8-13(9-7-12)22(24)25/h2-10H,11H2,1H3,(H,20,23)/b18-10-. The van der Waals surface area contributed by atoms with Crippen LogP contribution in [0.25, 0.3) is 11.0 Å². The van der Waals surface area contributed by atoms with Crippen molar-refractivity contribution >= 4 is 40.6 Å². The molecule has 8 nitrogen and oxygen atoms in total. The summed E-state index contributed by atoms with van der Waals surface area (Å²) in [5.74, 6) is -0.0883. The van der Waals surface area contributed by atoms with Crippen LogP contribution >= 0.6 is 11.8 Å². The molecule has 0 aliphatic heterocycles. The van der Waals surface area contributed by atoms with Crippen molar-refractivity contribution in [1.29, 1.82) is 0 Å². The molecule has 1 heterocycles. The van der Waals surface area contributed by atoms with Crippen molar-refractivity contribution in [3.63, 3.8) is 0 Å². The number of thioether (sulfide) groups is 1. The lowest BCUT2D eigenvalue weighted by atomic mass is 10.2. The van der Waals surface area contributed by atoms with Gasteiger partial charge in [-0.3, -0.25) is 14.9 Å². The highest BCUT2D eigenvalue weighted by atomic mass is 32.2. The van der Waals surface area contributed by atoms with E-state index in [1.54, 1.807) is 12.1 Å². The first-order valence-corrected chi connectivity index (χ1v) is 8.64. The van der Waals surface area contributed by atoms with E-state index in [0.717, 1.165) is 16.2 Å². The molecule has 0 saturated heterocycles. The quantitative estimate of drug-likeness (QED) is 0.311. The second-order valence-corrected chi connectivity index (χ2v) is 6.32. The molecule has 3 rings (SSSR count). The van der Waals surface area contributed by atoms with Crippen molar-refractivity contribution in [2.24, 2.45) is 12.1 Å². The summed E-state index contributed by atoms with van der Waals surface area (Å²) < 4.78 is 1.94. The molecule has 0 atom stereocenters. The van der Waals surface area contributed by atoms with Crippen LogP contribution in [0.3, 0.4) is 0 Å². The van der Waals surface area contributed by atoms with Gasteiger partial charge in [0.2, 0.25) is 0 Å². The number of non-ortho nitro benzene ring substituents is 1. The molecule has 9 heteroatoms. The first-order valence-electron chi connectivity index (χ1n) is 7.65. The Kier molecular flexibility index (Phi) is 5.28. The Bertz CT molecular complexity index is 982. The number of fused-ring (bicyclic) bond motifs is 1. The summed E-state index contributed by atoms with van der Waals surface area (Å²) in [5, 5.41) is 15.2. The van der Waals surface area contributed by atoms with E-state index in [1.807, 2.05) is 35.9 Å². The van der Waals surface area contributed by atoms with Gasteiger partial charge in [0.15, 0.2) is 5.16 Å². The van der Waals surface area contributed by atoms with E-state index in [-0.39, 0.29) is 17.3 Å². The number of imidazole rings is 1. The molecule has 3 aromatic rings. The predicted molar refractivity (Wildman–Crippen MR) is 100 cm³/mol. The van der Waals surface area contributed by atoms with Gasteiger partial charge in [0.25, 0.3) is 11.6 Å². The van der Waals surface area contributed by atoms with Crippen LogP contribution < -0.4 is 5.43 Å². The van der Waals surface area contributed by atoms with Gasteiger partial charge in [0.05, 0.1) is 27.9 Å². The Morgan fingerprint density at radius 3 is 2.73 bits per heavy atom. The molecule has 0 aliphatic rings. The number of aryl methyl sites for hydroxylation is 1. The van der Waals surface area contributed by atoms with E-state index >= 15 is 0 Å². The monoisotopic (exact) mass is 369 g/mol. The minimum atomic E-state index is -0.471. The molecule has 1 N–H and O–H groups in total. The SMILES string of the molecule is Cn1c(SCC(=O)N/N=C\c2ccc([N+](=O)[O-])cc2)nc2ccccc21. The van der Waals surface area contributed by atoms with Crippen molar-refractivity contribution in [2.45, 2.75) is 5.16 Å². The molecule has 1 amide bonds.